The van der Waals surface area contributed by atoms with Crippen LogP contribution >= 0.6 is 24.0 Å². The number of piperidine rings is 1. The Bertz CT molecular complexity index is 874. The minimum Gasteiger partial charge on any atom is -0.366 e. The van der Waals surface area contributed by atoms with Gasteiger partial charge in [0.25, 0.3) is 0 Å². The number of fused-ring (bicyclic) bond motifs is 1. The van der Waals surface area contributed by atoms with Crippen LogP contribution in [0.1, 0.15) is 25.3 Å². The van der Waals surface area contributed by atoms with E-state index >= 15 is 0 Å². The van der Waals surface area contributed by atoms with Gasteiger partial charge in [0, 0.05) is 51.0 Å². The van der Waals surface area contributed by atoms with Gasteiger partial charge >= 0.3 is 15.5 Å². The lowest BCUT2D eigenvalue weighted by molar-refractivity contribution is -0.0494. The number of sulfonamides is 1. The number of anilines is 1. The van der Waals surface area contributed by atoms with Crippen molar-refractivity contribution in [3.8, 4) is 0 Å². The van der Waals surface area contributed by atoms with E-state index in [2.05, 4.69) is 39.6 Å². The highest BCUT2D eigenvalue weighted by atomic mass is 127. The molecule has 31 heavy (non-hydrogen) atoms. The third kappa shape index (κ3) is 5.95. The number of halogens is 4. The molecule has 0 spiro atoms. The number of hydrogen-bond acceptors (Lipinski definition) is 4. The van der Waals surface area contributed by atoms with Crippen LogP contribution in [0, 0.1) is 0 Å². The summed E-state index contributed by atoms with van der Waals surface area (Å²) in [6.07, 6.45) is 1.59. The molecule has 0 amide bonds. The first-order valence-electron chi connectivity index (χ1n) is 10.0. The predicted octanol–water partition coefficient (Wildman–Crippen LogP) is 2.53. The molecule has 1 atom stereocenters. The maximum atomic E-state index is 12.7. The summed E-state index contributed by atoms with van der Waals surface area (Å²) in [5.74, 6) is 0.562. The fourth-order valence-electron chi connectivity index (χ4n) is 3.95. The number of aliphatic imine (C=N–C) groups is 1. The molecule has 0 radical (unpaired) electrons. The molecule has 1 aromatic carbocycles. The molecule has 0 saturated carbocycles. The van der Waals surface area contributed by atoms with Crippen molar-refractivity contribution in [2.75, 3.05) is 38.1 Å². The van der Waals surface area contributed by atoms with E-state index in [1.807, 2.05) is 12.1 Å². The Morgan fingerprint density at radius 2 is 1.87 bits per heavy atom. The third-order valence-corrected chi connectivity index (χ3v) is 7.30. The molecule has 176 valence electrons. The Morgan fingerprint density at radius 3 is 2.48 bits per heavy atom. The summed E-state index contributed by atoms with van der Waals surface area (Å²) in [6, 6.07) is 8.42. The molecule has 0 aromatic heterocycles. The summed E-state index contributed by atoms with van der Waals surface area (Å²) in [4.78, 5) is 6.54. The first kappa shape index (κ1) is 26.0. The van der Waals surface area contributed by atoms with Crippen LogP contribution in [0.3, 0.4) is 0 Å². The summed E-state index contributed by atoms with van der Waals surface area (Å²) in [7, 11) is -3.62. The van der Waals surface area contributed by atoms with Crippen LogP contribution in [-0.2, 0) is 16.4 Å². The normalized spacial score (nSPS) is 19.5. The Hall–Kier alpha value is -1.28. The second kappa shape index (κ2) is 10.6. The molecule has 1 fully saturated rings. The van der Waals surface area contributed by atoms with E-state index in [9.17, 15) is 21.6 Å². The lowest BCUT2D eigenvalue weighted by Gasteiger charge is -2.33. The highest BCUT2D eigenvalue weighted by Gasteiger charge is 2.50. The Labute approximate surface area is 198 Å². The van der Waals surface area contributed by atoms with Crippen molar-refractivity contribution in [2.45, 2.75) is 43.8 Å². The van der Waals surface area contributed by atoms with Crippen molar-refractivity contribution in [3.05, 3.63) is 29.8 Å². The minimum absolute atomic E-state index is 0. The van der Waals surface area contributed by atoms with E-state index in [4.69, 9.17) is 0 Å². The molecule has 7 nitrogen and oxygen atoms in total. The molecular formula is C19H29F3IN5O2S. The average molecular weight is 575 g/mol. The summed E-state index contributed by atoms with van der Waals surface area (Å²) in [5, 5.41) is 6.47. The van der Waals surface area contributed by atoms with Gasteiger partial charge in [0.05, 0.1) is 0 Å². The highest BCUT2D eigenvalue weighted by molar-refractivity contribution is 14.0. The standard InChI is InChI=1S/C19H28F3N5O2S.HI/c1-14(27-12-7-15-5-3-4-6-17(15)27)13-24-18(23-2)25-16-8-10-26(11-9-16)30(28,29)19(20,21)22;/h3-6,14,16H,7-13H2,1-2H3,(H2,23,24,25);1H. The van der Waals surface area contributed by atoms with Crippen molar-refractivity contribution in [1.82, 2.24) is 14.9 Å². The van der Waals surface area contributed by atoms with Crippen LogP contribution in [-0.4, -0.2) is 69.5 Å². The van der Waals surface area contributed by atoms with Crippen molar-refractivity contribution in [1.29, 1.82) is 0 Å². The molecule has 2 heterocycles. The Kier molecular flexibility index (Phi) is 8.85. The molecular weight excluding hydrogens is 546 g/mol. The maximum Gasteiger partial charge on any atom is 0.511 e. The molecule has 0 aliphatic carbocycles. The molecule has 1 unspecified atom stereocenters. The second-order valence-electron chi connectivity index (χ2n) is 7.64. The van der Waals surface area contributed by atoms with Crippen LogP contribution in [0.4, 0.5) is 18.9 Å². The molecule has 1 saturated heterocycles. The number of benzene rings is 1. The van der Waals surface area contributed by atoms with Crippen molar-refractivity contribution in [3.63, 3.8) is 0 Å². The molecule has 0 bridgehead atoms. The predicted molar refractivity (Wildman–Crippen MR) is 126 cm³/mol. The number of hydrogen-bond donors (Lipinski definition) is 2. The quantitative estimate of drug-likeness (QED) is 0.321. The zero-order valence-electron chi connectivity index (χ0n) is 17.5. The molecule has 2 aliphatic heterocycles. The molecule has 3 rings (SSSR count). The summed E-state index contributed by atoms with van der Waals surface area (Å²) >= 11 is 0. The second-order valence-corrected chi connectivity index (χ2v) is 9.57. The van der Waals surface area contributed by atoms with Gasteiger partial charge in [-0.3, -0.25) is 4.99 Å². The van der Waals surface area contributed by atoms with Gasteiger partial charge in [0.2, 0.25) is 0 Å². The summed E-state index contributed by atoms with van der Waals surface area (Å²) in [5.41, 5.74) is -2.67. The SMILES string of the molecule is CN=C(NCC(C)N1CCc2ccccc21)NC1CCN(S(=O)(=O)C(F)(F)F)CC1.I. The van der Waals surface area contributed by atoms with Crippen molar-refractivity contribution < 1.29 is 21.6 Å². The fraction of sp³-hybridized carbons (Fsp3) is 0.632. The van der Waals surface area contributed by atoms with E-state index in [-0.39, 0.29) is 62.0 Å². The smallest absolute Gasteiger partial charge is 0.366 e. The summed E-state index contributed by atoms with van der Waals surface area (Å²) < 4.78 is 61.6. The lowest BCUT2D eigenvalue weighted by Crippen LogP contribution is -2.53. The van der Waals surface area contributed by atoms with Gasteiger partial charge in [0.1, 0.15) is 0 Å². The molecule has 2 N–H and O–H groups in total. The average Bonchev–Trinajstić information content (AvgIpc) is 3.14. The number of rotatable bonds is 5. The highest BCUT2D eigenvalue weighted by Crippen LogP contribution is 2.30. The first-order chi connectivity index (χ1) is 14.1. The van der Waals surface area contributed by atoms with Gasteiger partial charge in [-0.1, -0.05) is 18.2 Å². The topological polar surface area (TPSA) is 77.0 Å². The number of para-hydroxylation sites is 1. The number of nitrogens with one attached hydrogen (secondary N) is 2. The van der Waals surface area contributed by atoms with E-state index in [1.54, 1.807) is 7.05 Å². The van der Waals surface area contributed by atoms with Crippen molar-refractivity contribution >= 4 is 45.6 Å². The van der Waals surface area contributed by atoms with Gasteiger partial charge in [-0.05, 0) is 37.8 Å². The number of nitrogens with zero attached hydrogens (tertiary/aromatic N) is 3. The molecule has 12 heteroatoms. The van der Waals surface area contributed by atoms with Crippen LogP contribution in [0.25, 0.3) is 0 Å². The van der Waals surface area contributed by atoms with E-state index in [0.717, 1.165) is 13.0 Å². The van der Waals surface area contributed by atoms with Gasteiger partial charge < -0.3 is 15.5 Å². The van der Waals surface area contributed by atoms with Crippen LogP contribution in [0.5, 0.6) is 0 Å². The zero-order chi connectivity index (χ0) is 21.9. The van der Waals surface area contributed by atoms with Crippen LogP contribution in [0.15, 0.2) is 29.3 Å². The van der Waals surface area contributed by atoms with Gasteiger partial charge in [0.15, 0.2) is 5.96 Å². The van der Waals surface area contributed by atoms with E-state index in [1.165, 1.54) is 11.3 Å². The number of guanidine groups is 1. The first-order valence-corrected chi connectivity index (χ1v) is 11.5. The minimum atomic E-state index is -5.26. The van der Waals surface area contributed by atoms with Crippen LogP contribution in [0.2, 0.25) is 0 Å². The molecule has 1 aromatic rings. The third-order valence-electron chi connectivity index (χ3n) is 5.67. The lowest BCUT2D eigenvalue weighted by atomic mass is 10.1. The fourth-order valence-corrected chi connectivity index (χ4v) is 4.94. The maximum absolute atomic E-state index is 12.7. The van der Waals surface area contributed by atoms with Gasteiger partial charge in [-0.15, -0.1) is 24.0 Å². The van der Waals surface area contributed by atoms with E-state index in [0.29, 0.717) is 16.8 Å². The monoisotopic (exact) mass is 575 g/mol. The van der Waals surface area contributed by atoms with Crippen molar-refractivity contribution in [2.24, 2.45) is 4.99 Å². The van der Waals surface area contributed by atoms with Gasteiger partial charge in [-0.2, -0.15) is 17.5 Å². The Morgan fingerprint density at radius 1 is 1.23 bits per heavy atom. The van der Waals surface area contributed by atoms with E-state index < -0.39 is 15.5 Å². The largest absolute Gasteiger partial charge is 0.511 e. The number of alkyl halides is 3. The zero-order valence-corrected chi connectivity index (χ0v) is 20.7. The van der Waals surface area contributed by atoms with Crippen LogP contribution < -0.4 is 15.5 Å². The van der Waals surface area contributed by atoms with Gasteiger partial charge in [-0.25, -0.2) is 8.42 Å². The summed E-state index contributed by atoms with van der Waals surface area (Å²) in [6.45, 7) is 3.40. The Balaban J connectivity index is 0.00000341. The molecule has 2 aliphatic rings.